The summed E-state index contributed by atoms with van der Waals surface area (Å²) in [5, 5.41) is 5.35. The lowest BCUT2D eigenvalue weighted by molar-refractivity contribution is 0.102. The fraction of sp³-hybridized carbons (Fsp3) is 0.304. The van der Waals surface area contributed by atoms with Gasteiger partial charge in [0.25, 0.3) is 5.91 Å². The number of ether oxygens (including phenoxy) is 3. The smallest absolute Gasteiger partial charge is 0.257 e. The number of carbonyl (C=O) groups excluding carboxylic acids is 1. The molecule has 6 nitrogen and oxygen atoms in total. The molecule has 1 N–H and O–H groups in total. The molecule has 0 aliphatic carbocycles. The number of aromatic nitrogens is 1. The van der Waals surface area contributed by atoms with E-state index in [1.54, 1.807) is 12.1 Å². The Bertz CT molecular complexity index is 985. The summed E-state index contributed by atoms with van der Waals surface area (Å²) in [7, 11) is 3.06. The minimum absolute atomic E-state index is 0.0797. The highest BCUT2D eigenvalue weighted by Crippen LogP contribution is 2.39. The molecule has 3 rings (SSSR count). The molecule has 0 unspecified atom stereocenters. The monoisotopic (exact) mass is 426 g/mol. The quantitative estimate of drug-likeness (QED) is 0.556. The first-order valence-electron chi connectivity index (χ1n) is 9.52. The van der Waals surface area contributed by atoms with Crippen LogP contribution >= 0.6 is 11.3 Å². The second-order valence-electron chi connectivity index (χ2n) is 7.73. The van der Waals surface area contributed by atoms with E-state index in [1.165, 1.54) is 25.6 Å². The van der Waals surface area contributed by atoms with Crippen LogP contribution in [0.5, 0.6) is 17.2 Å². The Morgan fingerprint density at radius 2 is 1.70 bits per heavy atom. The summed E-state index contributed by atoms with van der Waals surface area (Å²) < 4.78 is 16.9. The third-order valence-electron chi connectivity index (χ3n) is 4.44. The molecule has 0 saturated carbocycles. The largest absolute Gasteiger partial charge is 0.493 e. The van der Waals surface area contributed by atoms with E-state index >= 15 is 0 Å². The Morgan fingerprint density at radius 1 is 1.07 bits per heavy atom. The Hall–Kier alpha value is -3.06. The second kappa shape index (κ2) is 9.17. The van der Waals surface area contributed by atoms with Crippen molar-refractivity contribution in [3.05, 3.63) is 64.7 Å². The molecule has 1 amide bonds. The highest BCUT2D eigenvalue weighted by Gasteiger charge is 2.21. The number of anilines is 1. The molecule has 0 atom stereocenters. The zero-order chi connectivity index (χ0) is 21.7. The molecule has 0 bridgehead atoms. The average Bonchev–Trinajstić information content (AvgIpc) is 3.21. The van der Waals surface area contributed by atoms with Gasteiger partial charge in [0.15, 0.2) is 16.6 Å². The van der Waals surface area contributed by atoms with Gasteiger partial charge in [0, 0.05) is 16.4 Å². The van der Waals surface area contributed by atoms with Crippen molar-refractivity contribution in [1.82, 2.24) is 4.98 Å². The molecule has 0 saturated heterocycles. The molecule has 0 aliphatic rings. The number of rotatable bonds is 7. The van der Waals surface area contributed by atoms with Crippen LogP contribution in [0.15, 0.2) is 47.8 Å². The molecule has 3 aromatic rings. The van der Waals surface area contributed by atoms with E-state index in [0.29, 0.717) is 34.6 Å². The summed E-state index contributed by atoms with van der Waals surface area (Å²) in [4.78, 5) is 17.3. The lowest BCUT2D eigenvalue weighted by Crippen LogP contribution is -2.14. The van der Waals surface area contributed by atoms with Gasteiger partial charge in [-0.15, -0.1) is 11.3 Å². The zero-order valence-corrected chi connectivity index (χ0v) is 18.6. The summed E-state index contributed by atoms with van der Waals surface area (Å²) in [6.07, 6.45) is 0. The zero-order valence-electron chi connectivity index (χ0n) is 17.8. The predicted molar refractivity (Wildman–Crippen MR) is 119 cm³/mol. The topological polar surface area (TPSA) is 69.7 Å². The maximum absolute atomic E-state index is 12.8. The number of carbonyl (C=O) groups is 1. The first-order valence-corrected chi connectivity index (χ1v) is 10.4. The van der Waals surface area contributed by atoms with Crippen LogP contribution in [0.25, 0.3) is 0 Å². The molecule has 2 aromatic carbocycles. The molecule has 0 spiro atoms. The number of benzene rings is 2. The fourth-order valence-corrected chi connectivity index (χ4v) is 3.66. The number of amides is 1. The van der Waals surface area contributed by atoms with Gasteiger partial charge in [0.2, 0.25) is 5.75 Å². The van der Waals surface area contributed by atoms with E-state index in [4.69, 9.17) is 14.2 Å². The second-order valence-corrected chi connectivity index (χ2v) is 8.58. The first-order chi connectivity index (χ1) is 14.3. The van der Waals surface area contributed by atoms with Gasteiger partial charge in [-0.25, -0.2) is 4.98 Å². The third-order valence-corrected chi connectivity index (χ3v) is 5.20. The number of thiazole rings is 1. The number of nitrogens with zero attached hydrogens (tertiary/aromatic N) is 1. The number of nitrogens with one attached hydrogen (secondary N) is 1. The lowest BCUT2D eigenvalue weighted by atomic mass is 9.93. The van der Waals surface area contributed by atoms with Crippen LogP contribution in [0.3, 0.4) is 0 Å². The highest BCUT2D eigenvalue weighted by atomic mass is 32.1. The van der Waals surface area contributed by atoms with Gasteiger partial charge in [0.1, 0.15) is 6.61 Å². The van der Waals surface area contributed by atoms with Crippen molar-refractivity contribution in [2.45, 2.75) is 32.8 Å². The normalized spacial score (nSPS) is 11.1. The summed E-state index contributed by atoms with van der Waals surface area (Å²) in [6, 6.07) is 13.1. The fourth-order valence-electron chi connectivity index (χ4n) is 2.73. The molecular formula is C23H26N2O4S. The predicted octanol–water partition coefficient (Wildman–Crippen LogP) is 5.29. The SMILES string of the molecule is COc1cc(C(=O)Nc2nc(C(C)(C)C)cs2)cc(OC)c1OCc1ccccc1. The van der Waals surface area contributed by atoms with Crippen LogP contribution in [-0.2, 0) is 12.0 Å². The Kier molecular flexibility index (Phi) is 6.62. The average molecular weight is 427 g/mol. The molecule has 1 aromatic heterocycles. The number of hydrogen-bond donors (Lipinski definition) is 1. The van der Waals surface area contributed by atoms with Gasteiger partial charge in [-0.2, -0.15) is 0 Å². The summed E-state index contributed by atoms with van der Waals surface area (Å²) >= 11 is 1.40. The van der Waals surface area contributed by atoms with Crippen LogP contribution < -0.4 is 19.5 Å². The van der Waals surface area contributed by atoms with E-state index < -0.39 is 0 Å². The number of hydrogen-bond acceptors (Lipinski definition) is 6. The van der Waals surface area contributed by atoms with Gasteiger partial charge in [-0.05, 0) is 17.7 Å². The van der Waals surface area contributed by atoms with Crippen LogP contribution in [0, 0.1) is 0 Å². The lowest BCUT2D eigenvalue weighted by Gasteiger charge is -2.16. The van der Waals surface area contributed by atoms with Crippen molar-refractivity contribution in [2.75, 3.05) is 19.5 Å². The molecule has 0 radical (unpaired) electrons. The molecule has 158 valence electrons. The summed E-state index contributed by atoms with van der Waals surface area (Å²) in [5.41, 5.74) is 2.26. The molecule has 1 heterocycles. The Labute approximate surface area is 180 Å². The van der Waals surface area contributed by atoms with Gasteiger partial charge >= 0.3 is 0 Å². The third kappa shape index (κ3) is 5.10. The van der Waals surface area contributed by atoms with Gasteiger partial charge < -0.3 is 14.2 Å². The van der Waals surface area contributed by atoms with Crippen LogP contribution in [-0.4, -0.2) is 25.1 Å². The maximum Gasteiger partial charge on any atom is 0.257 e. The van der Waals surface area contributed by atoms with Crippen LogP contribution in [0.4, 0.5) is 5.13 Å². The van der Waals surface area contributed by atoms with Gasteiger partial charge in [0.05, 0.1) is 19.9 Å². The van der Waals surface area contributed by atoms with Crippen molar-refractivity contribution in [2.24, 2.45) is 0 Å². The molecule has 7 heteroatoms. The molecule has 0 aliphatic heterocycles. The molecule has 30 heavy (non-hydrogen) atoms. The molecule has 0 fully saturated rings. The van der Waals surface area contributed by atoms with E-state index in [0.717, 1.165) is 11.3 Å². The van der Waals surface area contributed by atoms with Crippen LogP contribution in [0.2, 0.25) is 0 Å². The first kappa shape index (κ1) is 21.6. The van der Waals surface area contributed by atoms with Crippen molar-refractivity contribution < 1.29 is 19.0 Å². The van der Waals surface area contributed by atoms with Crippen molar-refractivity contribution >= 4 is 22.4 Å². The van der Waals surface area contributed by atoms with Crippen molar-refractivity contribution in [1.29, 1.82) is 0 Å². The maximum atomic E-state index is 12.8. The van der Waals surface area contributed by atoms with Crippen LogP contribution in [0.1, 0.15) is 42.4 Å². The van der Waals surface area contributed by atoms with E-state index in [1.807, 2.05) is 35.7 Å². The minimum Gasteiger partial charge on any atom is -0.493 e. The number of methoxy groups -OCH3 is 2. The van der Waals surface area contributed by atoms with Gasteiger partial charge in [-0.3, -0.25) is 10.1 Å². The standard InChI is InChI=1S/C23H26N2O4S/c1-23(2,3)19-14-30-22(24-19)25-21(26)16-11-17(27-4)20(18(12-16)28-5)29-13-15-9-7-6-8-10-15/h6-12,14H,13H2,1-5H3,(H,24,25,26). The van der Waals surface area contributed by atoms with Crippen molar-refractivity contribution in [3.8, 4) is 17.2 Å². The highest BCUT2D eigenvalue weighted by molar-refractivity contribution is 7.14. The summed E-state index contributed by atoms with van der Waals surface area (Å²) in [5.74, 6) is 0.996. The van der Waals surface area contributed by atoms with Crippen molar-refractivity contribution in [3.63, 3.8) is 0 Å². The van der Waals surface area contributed by atoms with Gasteiger partial charge in [-0.1, -0.05) is 51.1 Å². The van der Waals surface area contributed by atoms with E-state index in [2.05, 4.69) is 31.1 Å². The Morgan fingerprint density at radius 3 is 2.23 bits per heavy atom. The minimum atomic E-state index is -0.295. The Balaban J connectivity index is 1.81. The van der Waals surface area contributed by atoms with E-state index in [9.17, 15) is 4.79 Å². The van der Waals surface area contributed by atoms with E-state index in [-0.39, 0.29) is 11.3 Å². The molecular weight excluding hydrogens is 400 g/mol. The summed E-state index contributed by atoms with van der Waals surface area (Å²) in [6.45, 7) is 6.60.